The number of rotatable bonds is 2. The van der Waals surface area contributed by atoms with Crippen molar-refractivity contribution in [2.45, 2.75) is 12.8 Å². The van der Waals surface area contributed by atoms with Gasteiger partial charge in [-0.1, -0.05) is 0 Å². The fourth-order valence-corrected chi connectivity index (χ4v) is 4.37. The highest BCUT2D eigenvalue weighted by Gasteiger charge is 2.47. The summed E-state index contributed by atoms with van der Waals surface area (Å²) in [5.74, 6) is 0.148. The van der Waals surface area contributed by atoms with E-state index in [9.17, 15) is 14.7 Å². The number of nitrogens with one attached hydrogen (secondary N) is 1. The number of H-pyrrole nitrogens is 1. The lowest BCUT2D eigenvalue weighted by Crippen LogP contribution is -2.62. The molecule has 2 saturated heterocycles. The van der Waals surface area contributed by atoms with Gasteiger partial charge in [-0.2, -0.15) is 5.10 Å². The lowest BCUT2D eigenvalue weighted by molar-refractivity contribution is -0.0288. The number of fused-ring (bicyclic) bond motifs is 1. The van der Waals surface area contributed by atoms with Crippen LogP contribution in [0.15, 0.2) is 42.9 Å². The highest BCUT2D eigenvalue weighted by atomic mass is 16.3. The number of aromatic amines is 1. The molecular formula is C21H21N5O3. The van der Waals surface area contributed by atoms with Gasteiger partial charge in [0.15, 0.2) is 0 Å². The van der Waals surface area contributed by atoms with Gasteiger partial charge in [0.05, 0.1) is 22.8 Å². The molecule has 8 nitrogen and oxygen atoms in total. The van der Waals surface area contributed by atoms with E-state index in [1.54, 1.807) is 36.8 Å². The Labute approximate surface area is 167 Å². The summed E-state index contributed by atoms with van der Waals surface area (Å²) in [6.07, 6.45) is 6.52. The number of hydrogen-bond donors (Lipinski definition) is 2. The molecule has 8 heteroatoms. The number of benzene rings is 1. The second-order valence-corrected chi connectivity index (χ2v) is 8.04. The van der Waals surface area contributed by atoms with E-state index in [-0.39, 0.29) is 23.0 Å². The summed E-state index contributed by atoms with van der Waals surface area (Å²) in [6, 6.07) is 6.76. The highest BCUT2D eigenvalue weighted by molar-refractivity contribution is 5.97. The van der Waals surface area contributed by atoms with E-state index in [1.807, 2.05) is 15.9 Å². The number of phenols is 1. The van der Waals surface area contributed by atoms with Gasteiger partial charge in [-0.25, -0.2) is 0 Å². The lowest BCUT2D eigenvalue weighted by atomic mass is 9.71. The number of aromatic nitrogens is 3. The number of hydrogen-bond acceptors (Lipinski definition) is 5. The summed E-state index contributed by atoms with van der Waals surface area (Å²) in [5.41, 5.74) is 1.93. The van der Waals surface area contributed by atoms with Crippen LogP contribution in [0, 0.1) is 5.41 Å². The zero-order valence-corrected chi connectivity index (χ0v) is 15.8. The smallest absolute Gasteiger partial charge is 0.257 e. The van der Waals surface area contributed by atoms with Gasteiger partial charge in [-0.05, 0) is 31.0 Å². The molecule has 2 aliphatic heterocycles. The first-order valence-electron chi connectivity index (χ1n) is 9.69. The third-order valence-electron chi connectivity index (χ3n) is 6.11. The third-order valence-corrected chi connectivity index (χ3v) is 6.11. The summed E-state index contributed by atoms with van der Waals surface area (Å²) in [6.45, 7) is 2.83. The van der Waals surface area contributed by atoms with Crippen molar-refractivity contribution in [2.75, 3.05) is 26.2 Å². The van der Waals surface area contributed by atoms with Crippen molar-refractivity contribution < 1.29 is 14.7 Å². The van der Waals surface area contributed by atoms with E-state index in [4.69, 9.17) is 0 Å². The SMILES string of the molecule is O=C(c1cnc2cc(O)ccc2c1)N1CCC2(CC1)CN(C(=O)c1cn[nH]c1)C2. The van der Waals surface area contributed by atoms with Gasteiger partial charge in [0.25, 0.3) is 11.8 Å². The van der Waals surface area contributed by atoms with Gasteiger partial charge in [-0.15, -0.1) is 0 Å². The van der Waals surface area contributed by atoms with Crippen molar-refractivity contribution in [1.29, 1.82) is 0 Å². The molecule has 1 aromatic carbocycles. The minimum absolute atomic E-state index is 0.0103. The Balaban J connectivity index is 1.21. The highest BCUT2D eigenvalue weighted by Crippen LogP contribution is 2.41. The van der Waals surface area contributed by atoms with Crippen LogP contribution < -0.4 is 0 Å². The molecule has 29 heavy (non-hydrogen) atoms. The molecule has 2 fully saturated rings. The number of carbonyl (C=O) groups excluding carboxylic acids is 2. The first-order chi connectivity index (χ1) is 14.0. The fraction of sp³-hybridized carbons (Fsp3) is 0.333. The summed E-state index contributed by atoms with van der Waals surface area (Å²) in [4.78, 5) is 33.3. The number of piperidine rings is 1. The van der Waals surface area contributed by atoms with Gasteiger partial charge < -0.3 is 14.9 Å². The Morgan fingerprint density at radius 3 is 2.48 bits per heavy atom. The Kier molecular flexibility index (Phi) is 4.01. The maximum Gasteiger partial charge on any atom is 0.257 e. The molecule has 0 bridgehead atoms. The number of aromatic hydroxyl groups is 1. The average Bonchev–Trinajstić information content (AvgIpc) is 3.25. The second kappa shape index (κ2) is 6.58. The van der Waals surface area contributed by atoms with Crippen molar-refractivity contribution in [2.24, 2.45) is 5.41 Å². The van der Waals surface area contributed by atoms with Gasteiger partial charge in [0.1, 0.15) is 5.75 Å². The molecule has 2 aromatic heterocycles. The van der Waals surface area contributed by atoms with E-state index in [0.717, 1.165) is 31.3 Å². The van der Waals surface area contributed by atoms with Crippen molar-refractivity contribution in [3.63, 3.8) is 0 Å². The van der Waals surface area contributed by atoms with E-state index in [0.29, 0.717) is 29.7 Å². The molecule has 4 heterocycles. The summed E-state index contributed by atoms with van der Waals surface area (Å²) in [7, 11) is 0. The fourth-order valence-electron chi connectivity index (χ4n) is 4.37. The van der Waals surface area contributed by atoms with Crippen LogP contribution in [0.5, 0.6) is 5.75 Å². The first kappa shape index (κ1) is 17.7. The zero-order valence-electron chi connectivity index (χ0n) is 15.8. The maximum absolute atomic E-state index is 12.9. The molecule has 148 valence electrons. The van der Waals surface area contributed by atoms with Crippen LogP contribution in [-0.2, 0) is 0 Å². The number of nitrogens with zero attached hydrogens (tertiary/aromatic N) is 4. The Hall–Kier alpha value is -3.42. The molecule has 0 aliphatic carbocycles. The van der Waals surface area contributed by atoms with E-state index in [1.165, 1.54) is 0 Å². The Morgan fingerprint density at radius 2 is 1.76 bits per heavy atom. The number of likely N-dealkylation sites (tertiary alicyclic amines) is 2. The Bertz CT molecular complexity index is 1080. The first-order valence-corrected chi connectivity index (χ1v) is 9.69. The van der Waals surface area contributed by atoms with Gasteiger partial charge in [0, 0.05) is 55.4 Å². The largest absolute Gasteiger partial charge is 0.508 e. The van der Waals surface area contributed by atoms with Crippen molar-refractivity contribution >= 4 is 22.7 Å². The number of pyridine rings is 1. The summed E-state index contributed by atoms with van der Waals surface area (Å²) in [5, 5.41) is 16.9. The van der Waals surface area contributed by atoms with Crippen LogP contribution in [0.25, 0.3) is 10.9 Å². The molecule has 3 aromatic rings. The van der Waals surface area contributed by atoms with Crippen molar-refractivity contribution in [3.05, 3.63) is 54.0 Å². The molecule has 1 spiro atoms. The van der Waals surface area contributed by atoms with Crippen LogP contribution in [0.4, 0.5) is 0 Å². The van der Waals surface area contributed by atoms with Crippen molar-refractivity contribution in [3.8, 4) is 5.75 Å². The van der Waals surface area contributed by atoms with Crippen LogP contribution >= 0.6 is 0 Å². The van der Waals surface area contributed by atoms with Crippen LogP contribution in [0.1, 0.15) is 33.6 Å². The standard InChI is InChI=1S/C21H21N5O3/c27-17-2-1-14-7-15(9-22-18(14)8-17)19(28)25-5-3-21(4-6-25)12-26(13-21)20(29)16-10-23-24-11-16/h1-2,7-11,27H,3-6,12-13H2,(H,23,24). The molecule has 0 radical (unpaired) electrons. The van der Waals surface area contributed by atoms with E-state index in [2.05, 4.69) is 15.2 Å². The van der Waals surface area contributed by atoms with Crippen LogP contribution in [0.2, 0.25) is 0 Å². The minimum atomic E-state index is -0.0204. The van der Waals surface area contributed by atoms with E-state index < -0.39 is 0 Å². The van der Waals surface area contributed by atoms with Gasteiger partial charge in [-0.3, -0.25) is 19.7 Å². The predicted molar refractivity (Wildman–Crippen MR) is 105 cm³/mol. The monoisotopic (exact) mass is 391 g/mol. The zero-order chi connectivity index (χ0) is 20.0. The molecule has 0 unspecified atom stereocenters. The minimum Gasteiger partial charge on any atom is -0.508 e. The van der Waals surface area contributed by atoms with Crippen LogP contribution in [0.3, 0.4) is 0 Å². The average molecular weight is 391 g/mol. The molecule has 2 amide bonds. The molecule has 0 atom stereocenters. The molecular weight excluding hydrogens is 370 g/mol. The quantitative estimate of drug-likeness (QED) is 0.696. The normalized spacial score (nSPS) is 18.1. The predicted octanol–water partition coefficient (Wildman–Crippen LogP) is 2.04. The third kappa shape index (κ3) is 3.10. The van der Waals surface area contributed by atoms with Crippen LogP contribution in [-0.4, -0.2) is 68.1 Å². The molecule has 0 saturated carbocycles. The van der Waals surface area contributed by atoms with Crippen molar-refractivity contribution in [1.82, 2.24) is 25.0 Å². The number of amides is 2. The van der Waals surface area contributed by atoms with Gasteiger partial charge in [0.2, 0.25) is 0 Å². The summed E-state index contributed by atoms with van der Waals surface area (Å²) < 4.78 is 0. The second-order valence-electron chi connectivity index (χ2n) is 8.04. The maximum atomic E-state index is 12.9. The number of phenolic OH excluding ortho intramolecular Hbond substituents is 1. The molecule has 5 rings (SSSR count). The molecule has 2 N–H and O–H groups in total. The summed E-state index contributed by atoms with van der Waals surface area (Å²) >= 11 is 0. The lowest BCUT2D eigenvalue weighted by Gasteiger charge is -2.53. The van der Waals surface area contributed by atoms with Gasteiger partial charge >= 0.3 is 0 Å². The molecule has 2 aliphatic rings. The Morgan fingerprint density at radius 1 is 1.00 bits per heavy atom. The van der Waals surface area contributed by atoms with E-state index >= 15 is 0 Å². The number of carbonyl (C=O) groups is 2. The topological polar surface area (TPSA) is 102 Å².